The van der Waals surface area contributed by atoms with Crippen LogP contribution in [0.15, 0.2) is 212 Å². The van der Waals surface area contributed by atoms with Crippen molar-refractivity contribution < 1.29 is 0 Å². The maximum absolute atomic E-state index is 5.39. The third-order valence-corrected chi connectivity index (χ3v) is 15.3. The number of aromatic nitrogens is 2. The molecule has 3 N–H and O–H groups in total. The van der Waals surface area contributed by atoms with Crippen LogP contribution in [0.25, 0.3) is 0 Å². The quantitative estimate of drug-likeness (QED) is 0.107. The molecule has 0 saturated heterocycles. The summed E-state index contributed by atoms with van der Waals surface area (Å²) in [6.45, 7) is 18.5. The first-order valence-corrected chi connectivity index (χ1v) is 24.7. The van der Waals surface area contributed by atoms with Gasteiger partial charge in [-0.3, -0.25) is 4.90 Å². The van der Waals surface area contributed by atoms with Crippen LogP contribution in [0.3, 0.4) is 0 Å². The van der Waals surface area contributed by atoms with Gasteiger partial charge in [0.15, 0.2) is 11.6 Å². The summed E-state index contributed by atoms with van der Waals surface area (Å²) in [5.41, 5.74) is 12.9. The molecule has 350 valence electrons. The molecule has 6 heteroatoms. The van der Waals surface area contributed by atoms with E-state index in [1.54, 1.807) is 0 Å². The van der Waals surface area contributed by atoms with Crippen molar-refractivity contribution in [2.75, 3.05) is 20.9 Å². The van der Waals surface area contributed by atoms with Gasteiger partial charge in [-0.1, -0.05) is 243 Å². The average molecular weight is 917 g/mol. The van der Waals surface area contributed by atoms with Gasteiger partial charge in [0, 0.05) is 33.5 Å². The second-order valence-corrected chi connectivity index (χ2v) is 21.0. The molecule has 70 heavy (non-hydrogen) atoms. The number of anilines is 8. The van der Waals surface area contributed by atoms with Crippen LogP contribution in [0, 0.1) is 5.92 Å². The van der Waals surface area contributed by atoms with Crippen molar-refractivity contribution in [1.82, 2.24) is 10.2 Å². The van der Waals surface area contributed by atoms with Crippen molar-refractivity contribution in [3.8, 4) is 0 Å². The monoisotopic (exact) mass is 917 g/mol. The van der Waals surface area contributed by atoms with Crippen LogP contribution in [0.2, 0.25) is 0 Å². The van der Waals surface area contributed by atoms with Crippen molar-refractivity contribution in [2.24, 2.45) is 5.92 Å². The van der Waals surface area contributed by atoms with Gasteiger partial charge < -0.3 is 16.0 Å². The minimum atomic E-state index is -0.363. The Bertz CT molecular complexity index is 3150. The van der Waals surface area contributed by atoms with E-state index in [2.05, 4.69) is 289 Å². The Balaban J connectivity index is 1.24. The van der Waals surface area contributed by atoms with E-state index in [0.29, 0.717) is 11.6 Å². The van der Waals surface area contributed by atoms with Crippen molar-refractivity contribution in [2.45, 2.75) is 83.1 Å². The predicted octanol–water partition coefficient (Wildman–Crippen LogP) is 16.2. The Morgan fingerprint density at radius 2 is 0.900 bits per heavy atom. The molecule has 1 aliphatic heterocycles. The summed E-state index contributed by atoms with van der Waals surface area (Å²) in [4.78, 5) is 2.32. The highest BCUT2D eigenvalue weighted by molar-refractivity contribution is 5.98. The van der Waals surface area contributed by atoms with Gasteiger partial charge in [0.2, 0.25) is 0 Å². The number of hydrogen-bond acceptors (Lipinski definition) is 6. The molecule has 10 rings (SSSR count). The molecule has 6 nitrogen and oxygen atoms in total. The molecule has 0 saturated carbocycles. The predicted molar refractivity (Wildman–Crippen MR) is 294 cm³/mol. The van der Waals surface area contributed by atoms with Crippen molar-refractivity contribution in [1.29, 1.82) is 0 Å². The molecule has 0 spiro atoms. The van der Waals surface area contributed by atoms with Crippen LogP contribution < -0.4 is 20.9 Å². The number of nitrogens with zero attached hydrogens (tertiary/aromatic N) is 3. The first-order chi connectivity index (χ1) is 33.8. The van der Waals surface area contributed by atoms with Crippen LogP contribution in [0.4, 0.5) is 45.8 Å². The number of benzene rings is 7. The summed E-state index contributed by atoms with van der Waals surface area (Å²) in [5, 5.41) is 23.0. The largest absolute Gasteiger partial charge is 0.373 e. The molecule has 7 aromatic carbocycles. The smallest absolute Gasteiger partial charge is 0.186 e. The van der Waals surface area contributed by atoms with Gasteiger partial charge in [-0.05, 0) is 68.6 Å². The van der Waals surface area contributed by atoms with Crippen LogP contribution in [0.1, 0.15) is 94.3 Å². The van der Waals surface area contributed by atoms with E-state index in [9.17, 15) is 0 Å². The number of allylic oxidation sites excluding steroid dienone is 2. The summed E-state index contributed by atoms with van der Waals surface area (Å²) in [6, 6.07) is 67.1. The van der Waals surface area contributed by atoms with E-state index in [-0.39, 0.29) is 33.6 Å². The number of hydrogen-bond donors (Lipinski definition) is 3. The Morgan fingerprint density at radius 1 is 0.457 bits per heavy atom. The van der Waals surface area contributed by atoms with Crippen LogP contribution in [-0.4, -0.2) is 16.2 Å². The highest BCUT2D eigenvalue weighted by Gasteiger charge is 2.41. The summed E-state index contributed by atoms with van der Waals surface area (Å²) in [7, 11) is 0. The van der Waals surface area contributed by atoms with E-state index < -0.39 is 0 Å². The van der Waals surface area contributed by atoms with E-state index in [0.717, 1.165) is 45.3 Å². The first kappa shape index (κ1) is 46.1. The summed E-state index contributed by atoms with van der Waals surface area (Å²) in [6.07, 6.45) is 9.01. The molecule has 0 radical (unpaired) electrons. The zero-order valence-electron chi connectivity index (χ0n) is 41.7. The fraction of sp³-hybridized carbons (Fsp3) is 0.219. The standard InChI is InChI=1S/C64H64N6/c1-61(2,44-28-12-9-13-29-44)47-34-18-23-39-52(47)65-57-58(66-53-40-24-19-35-48(53)62(3,4)45-30-14-10-15-31-45)60(70-55-42-26-21-37-50(55)64(7,8)51-38-22-27-43-56(51)70)69-68-59(57)67-54-41-25-20-36-49(54)63(5,6)46-32-16-11-17-33-46/h9-43,47,52H,1-8H3,(H,65,69)(H2,66,67,68). The fourth-order valence-corrected chi connectivity index (χ4v) is 11.0. The zero-order chi connectivity index (χ0) is 48.7. The van der Waals surface area contributed by atoms with Crippen LogP contribution in [0.5, 0.6) is 0 Å². The first-order valence-electron chi connectivity index (χ1n) is 24.7. The fourth-order valence-electron chi connectivity index (χ4n) is 11.0. The maximum atomic E-state index is 5.39. The molecule has 1 aliphatic carbocycles. The molecular weight excluding hydrogens is 853 g/mol. The van der Waals surface area contributed by atoms with Gasteiger partial charge in [0.05, 0.1) is 17.4 Å². The van der Waals surface area contributed by atoms with Gasteiger partial charge >= 0.3 is 0 Å². The van der Waals surface area contributed by atoms with Crippen molar-refractivity contribution in [3.05, 3.63) is 251 Å². The highest BCUT2D eigenvalue weighted by atomic mass is 15.3. The molecule has 8 aromatic rings. The highest BCUT2D eigenvalue weighted by Crippen LogP contribution is 2.55. The molecule has 2 atom stereocenters. The van der Waals surface area contributed by atoms with Gasteiger partial charge in [-0.15, -0.1) is 10.2 Å². The lowest BCUT2D eigenvalue weighted by atomic mass is 9.69. The topological polar surface area (TPSA) is 65.1 Å². The van der Waals surface area contributed by atoms with Gasteiger partial charge in [0.1, 0.15) is 11.4 Å². The zero-order valence-corrected chi connectivity index (χ0v) is 41.7. The Morgan fingerprint density at radius 3 is 1.44 bits per heavy atom. The maximum Gasteiger partial charge on any atom is 0.186 e. The molecular formula is C64H64N6. The van der Waals surface area contributed by atoms with Gasteiger partial charge in [0.25, 0.3) is 0 Å². The van der Waals surface area contributed by atoms with Gasteiger partial charge in [-0.25, -0.2) is 0 Å². The lowest BCUT2D eigenvalue weighted by Crippen LogP contribution is -2.40. The summed E-state index contributed by atoms with van der Waals surface area (Å²) < 4.78 is 0. The number of nitrogens with one attached hydrogen (secondary N) is 3. The van der Waals surface area contributed by atoms with Gasteiger partial charge in [-0.2, -0.15) is 0 Å². The number of para-hydroxylation sites is 4. The normalized spacial score (nSPS) is 16.3. The molecule has 0 amide bonds. The minimum Gasteiger partial charge on any atom is -0.373 e. The van der Waals surface area contributed by atoms with Crippen molar-refractivity contribution in [3.63, 3.8) is 0 Å². The molecule has 2 unspecified atom stereocenters. The van der Waals surface area contributed by atoms with E-state index in [4.69, 9.17) is 10.2 Å². The molecule has 1 aromatic heterocycles. The molecule has 0 bridgehead atoms. The van der Waals surface area contributed by atoms with Crippen molar-refractivity contribution >= 4 is 45.8 Å². The van der Waals surface area contributed by atoms with E-state index in [1.807, 2.05) is 0 Å². The molecule has 2 heterocycles. The Hall–Kier alpha value is -7.70. The minimum absolute atomic E-state index is 0.0584. The van der Waals surface area contributed by atoms with E-state index in [1.165, 1.54) is 27.8 Å². The summed E-state index contributed by atoms with van der Waals surface area (Å²) >= 11 is 0. The number of fused-ring (bicyclic) bond motifs is 2. The third kappa shape index (κ3) is 8.25. The third-order valence-electron chi connectivity index (χ3n) is 15.3. The molecule has 2 aliphatic rings. The Kier molecular flexibility index (Phi) is 12.1. The number of rotatable bonds is 13. The van der Waals surface area contributed by atoms with E-state index >= 15 is 0 Å². The average Bonchev–Trinajstić information content (AvgIpc) is 3.39. The molecule has 0 fully saturated rings. The Labute approximate surface area is 415 Å². The lowest BCUT2D eigenvalue weighted by molar-refractivity contribution is 0.362. The summed E-state index contributed by atoms with van der Waals surface area (Å²) in [5.74, 6) is 1.35. The van der Waals surface area contributed by atoms with Crippen LogP contribution in [-0.2, 0) is 21.7 Å². The lowest BCUT2D eigenvalue weighted by Gasteiger charge is -2.42. The SMILES string of the molecule is CC(C)(c1ccccc1)c1ccccc1Nc1nnc(N2c3ccccc3C(C)(C)c3ccccc32)c(Nc2ccccc2C(C)(C)c2ccccc2)c1NC1C=CC=CC1C(C)(C)c1ccccc1. The van der Waals surface area contributed by atoms with Crippen LogP contribution >= 0.6 is 0 Å². The second kappa shape index (κ2) is 18.3. The second-order valence-electron chi connectivity index (χ2n) is 21.0.